The smallest absolute Gasteiger partial charge is 0.219 e. The maximum absolute atomic E-state index is 14.2. The molecule has 1 aliphatic heterocycles. The molecule has 1 atom stereocenters. The first-order chi connectivity index (χ1) is 9.50. The van der Waals surface area contributed by atoms with Crippen molar-refractivity contribution in [3.05, 3.63) is 29.6 Å². The van der Waals surface area contributed by atoms with Crippen molar-refractivity contribution in [2.45, 2.75) is 26.4 Å². The first-order valence-corrected chi connectivity index (χ1v) is 6.97. The molecule has 1 N–H and O–H groups in total. The van der Waals surface area contributed by atoms with E-state index in [0.717, 1.165) is 6.42 Å². The van der Waals surface area contributed by atoms with Crippen LogP contribution in [0.5, 0.6) is 0 Å². The zero-order valence-corrected chi connectivity index (χ0v) is 12.0. The second-order valence-electron chi connectivity index (χ2n) is 5.20. The van der Waals surface area contributed by atoms with E-state index in [-0.39, 0.29) is 11.7 Å². The SMILES string of the molecule is CC(=O)N1CCCN(c2c(F)cccc2[C@@H](C)O)CC1. The van der Waals surface area contributed by atoms with E-state index in [2.05, 4.69) is 0 Å². The summed E-state index contributed by atoms with van der Waals surface area (Å²) in [6.07, 6.45) is 0.0838. The Labute approximate surface area is 118 Å². The van der Waals surface area contributed by atoms with Gasteiger partial charge in [0.2, 0.25) is 5.91 Å². The topological polar surface area (TPSA) is 43.8 Å². The molecule has 1 amide bonds. The number of hydrogen-bond donors (Lipinski definition) is 1. The summed E-state index contributed by atoms with van der Waals surface area (Å²) in [7, 11) is 0. The fourth-order valence-electron chi connectivity index (χ4n) is 2.66. The van der Waals surface area contributed by atoms with Crippen molar-refractivity contribution in [2.75, 3.05) is 31.1 Å². The number of hydrogen-bond acceptors (Lipinski definition) is 3. The van der Waals surface area contributed by atoms with E-state index in [4.69, 9.17) is 0 Å². The van der Waals surface area contributed by atoms with Gasteiger partial charge in [0.05, 0.1) is 11.8 Å². The van der Waals surface area contributed by atoms with Crippen LogP contribution in [0.15, 0.2) is 18.2 Å². The van der Waals surface area contributed by atoms with Crippen LogP contribution in [0.1, 0.15) is 31.9 Å². The molecule has 1 aliphatic rings. The lowest BCUT2D eigenvalue weighted by atomic mass is 10.1. The van der Waals surface area contributed by atoms with E-state index in [1.165, 1.54) is 6.07 Å². The van der Waals surface area contributed by atoms with Crippen LogP contribution in [0, 0.1) is 5.82 Å². The van der Waals surface area contributed by atoms with Crippen LogP contribution in [-0.4, -0.2) is 42.1 Å². The monoisotopic (exact) mass is 280 g/mol. The van der Waals surface area contributed by atoms with E-state index in [9.17, 15) is 14.3 Å². The lowest BCUT2D eigenvalue weighted by Crippen LogP contribution is -2.34. The molecule has 0 bridgehead atoms. The van der Waals surface area contributed by atoms with Gasteiger partial charge < -0.3 is 14.9 Å². The number of benzene rings is 1. The average Bonchev–Trinajstić information content (AvgIpc) is 2.64. The first-order valence-electron chi connectivity index (χ1n) is 6.97. The second kappa shape index (κ2) is 6.22. The number of halogens is 1. The normalized spacial score (nSPS) is 17.8. The second-order valence-corrected chi connectivity index (χ2v) is 5.20. The third-order valence-corrected chi connectivity index (χ3v) is 3.73. The van der Waals surface area contributed by atoms with E-state index in [1.54, 1.807) is 30.9 Å². The molecule has 0 aliphatic carbocycles. The molecule has 1 heterocycles. The summed E-state index contributed by atoms with van der Waals surface area (Å²) >= 11 is 0. The van der Waals surface area contributed by atoms with Gasteiger partial charge in [0.25, 0.3) is 0 Å². The molecule has 5 heteroatoms. The van der Waals surface area contributed by atoms with Gasteiger partial charge in [-0.1, -0.05) is 12.1 Å². The van der Waals surface area contributed by atoms with Crippen LogP contribution in [-0.2, 0) is 4.79 Å². The number of carbonyl (C=O) groups is 1. The lowest BCUT2D eigenvalue weighted by molar-refractivity contribution is -0.128. The third kappa shape index (κ3) is 3.10. The predicted octanol–water partition coefficient (Wildman–Crippen LogP) is 1.94. The number of nitrogens with zero attached hydrogens (tertiary/aromatic N) is 2. The molecule has 0 spiro atoms. The van der Waals surface area contributed by atoms with E-state index in [0.29, 0.717) is 37.4 Å². The minimum absolute atomic E-state index is 0.0520. The van der Waals surface area contributed by atoms with Crippen LogP contribution in [0.4, 0.5) is 10.1 Å². The number of aliphatic hydroxyl groups excluding tert-OH is 1. The Morgan fingerprint density at radius 1 is 1.30 bits per heavy atom. The highest BCUT2D eigenvalue weighted by Gasteiger charge is 2.22. The standard InChI is InChI=1S/C15H21FN2O2/c1-11(19)13-5-3-6-14(16)15(13)18-8-4-7-17(9-10-18)12(2)20/h3,5-6,11,19H,4,7-10H2,1-2H3/t11-/m1/s1. The van der Waals surface area contributed by atoms with Crippen molar-refractivity contribution in [1.29, 1.82) is 0 Å². The molecule has 1 fully saturated rings. The Morgan fingerprint density at radius 2 is 2.05 bits per heavy atom. The van der Waals surface area contributed by atoms with E-state index in [1.807, 2.05) is 4.90 Å². The predicted molar refractivity (Wildman–Crippen MR) is 76.1 cm³/mol. The van der Waals surface area contributed by atoms with Crippen LogP contribution in [0.3, 0.4) is 0 Å². The molecule has 0 saturated carbocycles. The van der Waals surface area contributed by atoms with Crippen molar-refractivity contribution in [3.63, 3.8) is 0 Å². The van der Waals surface area contributed by atoms with Crippen molar-refractivity contribution in [1.82, 2.24) is 4.90 Å². The number of aliphatic hydroxyl groups is 1. The van der Waals surface area contributed by atoms with Crippen molar-refractivity contribution >= 4 is 11.6 Å². The molecule has 0 unspecified atom stereocenters. The van der Waals surface area contributed by atoms with Gasteiger partial charge in [-0.3, -0.25) is 4.79 Å². The highest BCUT2D eigenvalue weighted by Crippen LogP contribution is 2.30. The lowest BCUT2D eigenvalue weighted by Gasteiger charge is -2.27. The number of rotatable bonds is 2. The fraction of sp³-hybridized carbons (Fsp3) is 0.533. The molecule has 1 saturated heterocycles. The summed E-state index contributed by atoms with van der Waals surface area (Å²) in [5.41, 5.74) is 1.06. The van der Waals surface area contributed by atoms with Gasteiger partial charge in [-0.15, -0.1) is 0 Å². The molecular formula is C15H21FN2O2. The summed E-state index contributed by atoms with van der Waals surface area (Å²) in [6.45, 7) is 5.75. The van der Waals surface area contributed by atoms with Gasteiger partial charge in [-0.05, 0) is 19.4 Å². The minimum atomic E-state index is -0.715. The van der Waals surface area contributed by atoms with Crippen LogP contribution >= 0.6 is 0 Å². The summed E-state index contributed by atoms with van der Waals surface area (Å²) in [5.74, 6) is -0.268. The van der Waals surface area contributed by atoms with Gasteiger partial charge in [0, 0.05) is 38.7 Å². The number of carbonyl (C=O) groups excluding carboxylic acids is 1. The summed E-state index contributed by atoms with van der Waals surface area (Å²) < 4.78 is 14.2. The molecule has 4 nitrogen and oxygen atoms in total. The zero-order chi connectivity index (χ0) is 14.7. The average molecular weight is 280 g/mol. The van der Waals surface area contributed by atoms with Crippen LogP contribution < -0.4 is 4.90 Å². The van der Waals surface area contributed by atoms with Gasteiger partial charge in [0.15, 0.2) is 0 Å². The molecule has 0 radical (unpaired) electrons. The zero-order valence-electron chi connectivity index (χ0n) is 12.0. The quantitative estimate of drug-likeness (QED) is 0.900. The van der Waals surface area contributed by atoms with Gasteiger partial charge in [-0.25, -0.2) is 4.39 Å². The van der Waals surface area contributed by atoms with Crippen molar-refractivity contribution in [2.24, 2.45) is 0 Å². The highest BCUT2D eigenvalue weighted by atomic mass is 19.1. The van der Waals surface area contributed by atoms with Crippen LogP contribution in [0.2, 0.25) is 0 Å². The molecule has 1 aromatic carbocycles. The molecule has 110 valence electrons. The summed E-state index contributed by atoms with van der Waals surface area (Å²) in [5, 5.41) is 9.81. The maximum Gasteiger partial charge on any atom is 0.219 e. The van der Waals surface area contributed by atoms with Gasteiger partial charge in [0.1, 0.15) is 5.82 Å². The summed E-state index contributed by atoms with van der Waals surface area (Å²) in [4.78, 5) is 15.1. The minimum Gasteiger partial charge on any atom is -0.389 e. The van der Waals surface area contributed by atoms with Gasteiger partial charge >= 0.3 is 0 Å². The van der Waals surface area contributed by atoms with Crippen LogP contribution in [0.25, 0.3) is 0 Å². The van der Waals surface area contributed by atoms with E-state index >= 15 is 0 Å². The number of amides is 1. The first kappa shape index (κ1) is 14.8. The third-order valence-electron chi connectivity index (χ3n) is 3.73. The summed E-state index contributed by atoms with van der Waals surface area (Å²) in [6, 6.07) is 4.77. The molecular weight excluding hydrogens is 259 g/mol. The largest absolute Gasteiger partial charge is 0.389 e. The fourth-order valence-corrected chi connectivity index (χ4v) is 2.66. The maximum atomic E-state index is 14.2. The Kier molecular flexibility index (Phi) is 4.60. The number of anilines is 1. The Balaban J connectivity index is 2.25. The molecule has 1 aromatic rings. The van der Waals surface area contributed by atoms with Crippen molar-refractivity contribution in [3.8, 4) is 0 Å². The molecule has 2 rings (SSSR count). The molecule has 0 aromatic heterocycles. The number of para-hydroxylation sites is 1. The Hall–Kier alpha value is -1.62. The van der Waals surface area contributed by atoms with E-state index < -0.39 is 6.10 Å². The van der Waals surface area contributed by atoms with Gasteiger partial charge in [-0.2, -0.15) is 0 Å². The highest BCUT2D eigenvalue weighted by molar-refractivity contribution is 5.73. The Bertz CT molecular complexity index is 491. The Morgan fingerprint density at radius 3 is 2.70 bits per heavy atom. The van der Waals surface area contributed by atoms with Crippen molar-refractivity contribution < 1.29 is 14.3 Å². The molecule has 20 heavy (non-hydrogen) atoms.